The van der Waals surface area contributed by atoms with Crippen molar-refractivity contribution in [2.75, 3.05) is 0 Å². The number of nitrogens with one attached hydrogen (secondary N) is 1. The molecule has 0 atom stereocenters. The Morgan fingerprint density at radius 3 is 2.60 bits per heavy atom. The van der Waals surface area contributed by atoms with Gasteiger partial charge in [-0.3, -0.25) is 10.2 Å². The van der Waals surface area contributed by atoms with Crippen molar-refractivity contribution in [3.05, 3.63) is 0 Å². The van der Waals surface area contributed by atoms with Gasteiger partial charge >= 0.3 is 12.1 Å². The van der Waals surface area contributed by atoms with E-state index in [0.717, 1.165) is 0 Å². The third-order valence-electron chi connectivity index (χ3n) is 0.779. The Hall–Kier alpha value is -1.10. The molecule has 0 aliphatic carbocycles. The van der Waals surface area contributed by atoms with E-state index in [4.69, 9.17) is 0 Å². The largest absolute Gasteiger partial charge is 0.429 e. The number of carbonyl (C=O) groups excluding carboxylic acids is 2. The third kappa shape index (κ3) is 3.85. The van der Waals surface area contributed by atoms with Crippen LogP contribution in [0.4, 0.5) is 4.79 Å². The molecule has 0 aromatic rings. The van der Waals surface area contributed by atoms with Crippen LogP contribution in [0.1, 0.15) is 19.8 Å². The first-order chi connectivity index (χ1) is 4.70. The fourth-order valence-corrected chi connectivity index (χ4v) is 0.388. The first-order valence-electron chi connectivity index (χ1n) is 2.92. The summed E-state index contributed by atoms with van der Waals surface area (Å²) in [4.78, 5) is 20.7. The predicted molar refractivity (Wildman–Crippen MR) is 33.7 cm³/mol. The number of hydrogen-bond donors (Lipinski definition) is 2. The van der Waals surface area contributed by atoms with Gasteiger partial charge in [0.1, 0.15) is 0 Å². The summed E-state index contributed by atoms with van der Waals surface area (Å²) >= 11 is 0. The molecule has 0 bridgehead atoms. The lowest BCUT2D eigenvalue weighted by atomic mass is 10.3. The second-order valence-electron chi connectivity index (χ2n) is 1.66. The van der Waals surface area contributed by atoms with Crippen molar-refractivity contribution < 1.29 is 14.3 Å². The number of carbonyl (C=O) groups is 2. The predicted octanol–water partition coefficient (Wildman–Crippen LogP) is -0.0870. The molecule has 0 radical (unpaired) electrons. The van der Waals surface area contributed by atoms with E-state index >= 15 is 0 Å². The lowest BCUT2D eigenvalue weighted by Gasteiger charge is -1.98. The number of esters is 1. The van der Waals surface area contributed by atoms with Gasteiger partial charge in [-0.15, -0.1) is 0 Å². The van der Waals surface area contributed by atoms with Crippen LogP contribution in [0.2, 0.25) is 0 Å². The summed E-state index contributed by atoms with van der Waals surface area (Å²) in [5, 5.41) is 0. The van der Waals surface area contributed by atoms with Gasteiger partial charge in [-0.1, -0.05) is 6.92 Å². The lowest BCUT2D eigenvalue weighted by molar-refractivity contribution is -0.137. The van der Waals surface area contributed by atoms with E-state index in [0.29, 0.717) is 6.42 Å². The number of rotatable bonds is 2. The Morgan fingerprint density at radius 1 is 1.60 bits per heavy atom. The molecule has 1 amide bonds. The monoisotopic (exact) mass is 146 g/mol. The minimum Gasteiger partial charge on any atom is -0.375 e. The molecule has 0 aromatic carbocycles. The third-order valence-corrected chi connectivity index (χ3v) is 0.779. The molecule has 5 nitrogen and oxygen atoms in total. The molecule has 0 aliphatic heterocycles. The van der Waals surface area contributed by atoms with Gasteiger partial charge in [0.2, 0.25) is 0 Å². The van der Waals surface area contributed by atoms with Crippen molar-refractivity contribution in [2.45, 2.75) is 19.8 Å². The van der Waals surface area contributed by atoms with Crippen LogP contribution in [-0.4, -0.2) is 12.1 Å². The van der Waals surface area contributed by atoms with Gasteiger partial charge in [0.15, 0.2) is 0 Å². The first kappa shape index (κ1) is 8.90. The normalized spacial score (nSPS) is 8.60. The van der Waals surface area contributed by atoms with E-state index in [9.17, 15) is 9.59 Å². The van der Waals surface area contributed by atoms with E-state index in [1.165, 1.54) is 0 Å². The Balaban J connectivity index is 3.47. The Bertz CT molecular complexity index is 135. The summed E-state index contributed by atoms with van der Waals surface area (Å²) in [6.45, 7) is 1.81. The van der Waals surface area contributed by atoms with Crippen molar-refractivity contribution in [1.82, 2.24) is 5.43 Å². The summed E-state index contributed by atoms with van der Waals surface area (Å²) in [7, 11) is 0. The van der Waals surface area contributed by atoms with E-state index in [1.54, 1.807) is 5.43 Å². The molecule has 10 heavy (non-hydrogen) atoms. The van der Waals surface area contributed by atoms with Gasteiger partial charge in [-0.2, -0.15) is 0 Å². The highest BCUT2D eigenvalue weighted by molar-refractivity contribution is 5.83. The van der Waals surface area contributed by atoms with Crippen molar-refractivity contribution in [3.63, 3.8) is 0 Å². The Kier molecular flexibility index (Phi) is 4.23. The summed E-state index contributed by atoms with van der Waals surface area (Å²) in [6.07, 6.45) is -0.0390. The Morgan fingerprint density at radius 2 is 2.20 bits per heavy atom. The minimum atomic E-state index is -0.918. The second kappa shape index (κ2) is 4.75. The summed E-state index contributed by atoms with van der Waals surface area (Å²) in [6, 6.07) is 0. The number of hydrazine groups is 1. The minimum absolute atomic E-state index is 0.230. The molecule has 0 rings (SSSR count). The average molecular weight is 146 g/mol. The highest BCUT2D eigenvalue weighted by atomic mass is 16.6. The number of amides is 1. The van der Waals surface area contributed by atoms with Crippen molar-refractivity contribution in [3.8, 4) is 0 Å². The summed E-state index contributed by atoms with van der Waals surface area (Å²) < 4.78 is 4.13. The zero-order chi connectivity index (χ0) is 7.98. The molecule has 0 aromatic heterocycles. The van der Waals surface area contributed by atoms with Gasteiger partial charge in [0.25, 0.3) is 0 Å². The smallest absolute Gasteiger partial charge is 0.375 e. The van der Waals surface area contributed by atoms with Crippen LogP contribution >= 0.6 is 0 Å². The molecule has 5 heteroatoms. The molecule has 0 saturated heterocycles. The molecule has 0 spiro atoms. The van der Waals surface area contributed by atoms with E-state index in [-0.39, 0.29) is 6.42 Å². The molecule has 58 valence electrons. The van der Waals surface area contributed by atoms with E-state index < -0.39 is 12.1 Å². The van der Waals surface area contributed by atoms with Crippen LogP contribution in [0.5, 0.6) is 0 Å². The van der Waals surface area contributed by atoms with Gasteiger partial charge in [0, 0.05) is 6.42 Å². The van der Waals surface area contributed by atoms with Crippen molar-refractivity contribution in [2.24, 2.45) is 5.84 Å². The summed E-state index contributed by atoms with van der Waals surface area (Å²) in [5.74, 6) is 4.08. The maximum absolute atomic E-state index is 10.5. The molecule has 0 fully saturated rings. The van der Waals surface area contributed by atoms with Crippen LogP contribution < -0.4 is 11.3 Å². The van der Waals surface area contributed by atoms with Gasteiger partial charge in [-0.25, -0.2) is 10.6 Å². The number of nitrogens with two attached hydrogens (primary N) is 1. The quantitative estimate of drug-likeness (QED) is 0.187. The van der Waals surface area contributed by atoms with Crippen LogP contribution in [0.3, 0.4) is 0 Å². The van der Waals surface area contributed by atoms with E-state index in [1.807, 2.05) is 6.92 Å². The van der Waals surface area contributed by atoms with Crippen LogP contribution in [0.15, 0.2) is 0 Å². The Labute approximate surface area is 58.5 Å². The van der Waals surface area contributed by atoms with Crippen LogP contribution in [-0.2, 0) is 9.53 Å². The topological polar surface area (TPSA) is 81.4 Å². The molecule has 0 unspecified atom stereocenters. The van der Waals surface area contributed by atoms with Crippen molar-refractivity contribution >= 4 is 12.1 Å². The second-order valence-corrected chi connectivity index (χ2v) is 1.66. The van der Waals surface area contributed by atoms with Gasteiger partial charge < -0.3 is 4.74 Å². The first-order valence-corrected chi connectivity index (χ1v) is 2.92. The molecular formula is C5H10N2O3. The summed E-state index contributed by atoms with van der Waals surface area (Å²) in [5.41, 5.74) is 1.67. The molecule has 0 aliphatic rings. The zero-order valence-corrected chi connectivity index (χ0v) is 5.72. The fourth-order valence-electron chi connectivity index (χ4n) is 0.388. The highest BCUT2D eigenvalue weighted by Gasteiger charge is 2.05. The standard InChI is InChI=1S/C5H10N2O3/c1-2-3-4(8)10-5(9)7-6/h2-3,6H2,1H3,(H,7,9). The lowest BCUT2D eigenvalue weighted by Crippen LogP contribution is -2.32. The molecular weight excluding hydrogens is 136 g/mol. The van der Waals surface area contributed by atoms with Crippen LogP contribution in [0.25, 0.3) is 0 Å². The maximum atomic E-state index is 10.5. The average Bonchev–Trinajstić information content (AvgIpc) is 1.88. The zero-order valence-electron chi connectivity index (χ0n) is 5.72. The molecule has 0 heterocycles. The van der Waals surface area contributed by atoms with Crippen molar-refractivity contribution in [1.29, 1.82) is 0 Å². The fraction of sp³-hybridized carbons (Fsp3) is 0.600. The van der Waals surface area contributed by atoms with E-state index in [2.05, 4.69) is 10.6 Å². The molecule has 0 saturated carbocycles. The van der Waals surface area contributed by atoms with Crippen LogP contribution in [0, 0.1) is 0 Å². The SMILES string of the molecule is CCCC(=O)OC(=O)NN. The highest BCUT2D eigenvalue weighted by Crippen LogP contribution is 1.90. The van der Waals surface area contributed by atoms with Gasteiger partial charge in [-0.05, 0) is 6.42 Å². The number of ether oxygens (including phenoxy) is 1. The molecule has 3 N–H and O–H groups in total. The van der Waals surface area contributed by atoms with Gasteiger partial charge in [0.05, 0.1) is 0 Å². The maximum Gasteiger partial charge on any atom is 0.429 e. The number of hydrogen-bond acceptors (Lipinski definition) is 4.